The zero-order chi connectivity index (χ0) is 11.6. The van der Waals surface area contributed by atoms with Gasteiger partial charge >= 0.3 is 0 Å². The molecular formula is C11H12Cl2N2. The van der Waals surface area contributed by atoms with E-state index < -0.39 is 5.54 Å². The molecule has 1 aromatic rings. The molecule has 0 atom stereocenters. The van der Waals surface area contributed by atoms with Crippen LogP contribution in [0.2, 0.25) is 10.0 Å². The van der Waals surface area contributed by atoms with Crippen LogP contribution in [0.25, 0.3) is 0 Å². The first-order valence-corrected chi connectivity index (χ1v) is 5.24. The molecule has 0 N–H and O–H groups in total. The smallest absolute Gasteiger partial charge is 0.121 e. The van der Waals surface area contributed by atoms with Crippen molar-refractivity contribution in [3.63, 3.8) is 0 Å². The molecule has 1 rings (SSSR count). The number of nitriles is 1. The first kappa shape index (κ1) is 12.2. The predicted molar refractivity (Wildman–Crippen MR) is 64.6 cm³/mol. The minimum Gasteiger partial charge on any atom is -0.356 e. The van der Waals surface area contributed by atoms with E-state index in [1.54, 1.807) is 12.1 Å². The molecule has 0 bridgehead atoms. The Bertz CT molecular complexity index is 408. The van der Waals surface area contributed by atoms with Crippen molar-refractivity contribution in [1.29, 1.82) is 5.26 Å². The number of rotatable bonds is 2. The van der Waals surface area contributed by atoms with E-state index in [4.69, 9.17) is 28.5 Å². The van der Waals surface area contributed by atoms with Gasteiger partial charge in [-0.2, -0.15) is 5.26 Å². The molecule has 0 unspecified atom stereocenters. The highest BCUT2D eigenvalue weighted by Crippen LogP contribution is 2.31. The molecule has 0 aliphatic rings. The SMILES string of the molecule is CN(c1ccc(Cl)cc1Cl)C(C)(C)C#N. The molecule has 4 heteroatoms. The van der Waals surface area contributed by atoms with Gasteiger partial charge in [0.05, 0.1) is 16.8 Å². The molecule has 0 fully saturated rings. The van der Waals surface area contributed by atoms with Gasteiger partial charge in [0.2, 0.25) is 0 Å². The van der Waals surface area contributed by atoms with Gasteiger partial charge in [-0.3, -0.25) is 0 Å². The van der Waals surface area contributed by atoms with Crippen LogP contribution in [0, 0.1) is 11.3 Å². The summed E-state index contributed by atoms with van der Waals surface area (Å²) < 4.78 is 0. The molecule has 15 heavy (non-hydrogen) atoms. The summed E-state index contributed by atoms with van der Waals surface area (Å²) in [7, 11) is 1.83. The van der Waals surface area contributed by atoms with Crippen molar-refractivity contribution in [2.45, 2.75) is 19.4 Å². The van der Waals surface area contributed by atoms with E-state index in [1.165, 1.54) is 0 Å². The minimum atomic E-state index is -0.600. The van der Waals surface area contributed by atoms with Crippen LogP contribution in [0.4, 0.5) is 5.69 Å². The van der Waals surface area contributed by atoms with Gasteiger partial charge in [0.15, 0.2) is 0 Å². The molecule has 80 valence electrons. The van der Waals surface area contributed by atoms with Gasteiger partial charge in [-0.05, 0) is 32.0 Å². The third-order valence-electron chi connectivity index (χ3n) is 2.38. The summed E-state index contributed by atoms with van der Waals surface area (Å²) in [5, 5.41) is 10.1. The molecule has 0 saturated heterocycles. The summed E-state index contributed by atoms with van der Waals surface area (Å²) in [6.45, 7) is 3.66. The number of benzene rings is 1. The van der Waals surface area contributed by atoms with E-state index in [0.717, 1.165) is 5.69 Å². The van der Waals surface area contributed by atoms with Crippen LogP contribution in [-0.4, -0.2) is 12.6 Å². The fourth-order valence-corrected chi connectivity index (χ4v) is 1.66. The Labute approximate surface area is 100 Å². The standard InChI is InChI=1S/C11H12Cl2N2/c1-11(2,7-14)15(3)10-5-4-8(12)6-9(10)13/h4-6H,1-3H3. The van der Waals surface area contributed by atoms with E-state index in [9.17, 15) is 0 Å². The number of anilines is 1. The van der Waals surface area contributed by atoms with E-state index in [-0.39, 0.29) is 0 Å². The van der Waals surface area contributed by atoms with Gasteiger partial charge in [-0.25, -0.2) is 0 Å². The van der Waals surface area contributed by atoms with E-state index in [1.807, 2.05) is 31.9 Å². The van der Waals surface area contributed by atoms with Gasteiger partial charge in [0.25, 0.3) is 0 Å². The Morgan fingerprint density at radius 3 is 2.40 bits per heavy atom. The van der Waals surface area contributed by atoms with Crippen LogP contribution < -0.4 is 4.90 Å². The quantitative estimate of drug-likeness (QED) is 0.791. The molecule has 2 nitrogen and oxygen atoms in total. The Morgan fingerprint density at radius 2 is 1.93 bits per heavy atom. The molecule has 0 heterocycles. The number of hydrogen-bond acceptors (Lipinski definition) is 2. The second kappa shape index (κ2) is 4.30. The Balaban J connectivity index is 3.13. The zero-order valence-corrected chi connectivity index (χ0v) is 10.4. The number of hydrogen-bond donors (Lipinski definition) is 0. The molecule has 1 aromatic carbocycles. The van der Waals surface area contributed by atoms with Gasteiger partial charge in [0.1, 0.15) is 5.54 Å². The normalized spacial score (nSPS) is 10.9. The molecule has 0 radical (unpaired) electrons. The maximum atomic E-state index is 9.01. The summed E-state index contributed by atoms with van der Waals surface area (Å²) in [6, 6.07) is 7.45. The molecule has 0 aromatic heterocycles. The van der Waals surface area contributed by atoms with Crippen LogP contribution in [0.15, 0.2) is 18.2 Å². The molecule has 0 aliphatic heterocycles. The highest BCUT2D eigenvalue weighted by atomic mass is 35.5. The van der Waals surface area contributed by atoms with Crippen molar-refractivity contribution in [3.8, 4) is 6.07 Å². The van der Waals surface area contributed by atoms with Crippen LogP contribution in [0.1, 0.15) is 13.8 Å². The zero-order valence-electron chi connectivity index (χ0n) is 8.88. The first-order valence-electron chi connectivity index (χ1n) is 4.48. The molecule has 0 aliphatic carbocycles. The molecular weight excluding hydrogens is 231 g/mol. The van der Waals surface area contributed by atoms with Crippen molar-refractivity contribution in [1.82, 2.24) is 0 Å². The van der Waals surface area contributed by atoms with Crippen LogP contribution in [-0.2, 0) is 0 Å². The Morgan fingerprint density at radius 1 is 1.33 bits per heavy atom. The average Bonchev–Trinajstić information content (AvgIpc) is 2.17. The lowest BCUT2D eigenvalue weighted by Crippen LogP contribution is -2.39. The molecule has 0 amide bonds. The van der Waals surface area contributed by atoms with E-state index in [2.05, 4.69) is 6.07 Å². The lowest BCUT2D eigenvalue weighted by atomic mass is 10.1. The molecule has 0 saturated carbocycles. The van der Waals surface area contributed by atoms with Gasteiger partial charge < -0.3 is 4.90 Å². The maximum Gasteiger partial charge on any atom is 0.121 e. The minimum absolute atomic E-state index is 0.549. The van der Waals surface area contributed by atoms with Crippen molar-refractivity contribution < 1.29 is 0 Å². The summed E-state index contributed by atoms with van der Waals surface area (Å²) in [5.41, 5.74) is 0.199. The Kier molecular flexibility index (Phi) is 3.49. The highest BCUT2D eigenvalue weighted by molar-refractivity contribution is 6.36. The van der Waals surface area contributed by atoms with Crippen molar-refractivity contribution in [2.24, 2.45) is 0 Å². The van der Waals surface area contributed by atoms with Gasteiger partial charge in [-0.1, -0.05) is 23.2 Å². The summed E-state index contributed by atoms with van der Waals surface area (Å²) in [5.74, 6) is 0. The number of nitrogens with zero attached hydrogens (tertiary/aromatic N) is 2. The predicted octanol–water partition coefficient (Wildman–Crippen LogP) is 3.73. The van der Waals surface area contributed by atoms with Crippen molar-refractivity contribution in [3.05, 3.63) is 28.2 Å². The summed E-state index contributed by atoms with van der Waals surface area (Å²) in [6.07, 6.45) is 0. The third kappa shape index (κ3) is 2.56. The van der Waals surface area contributed by atoms with Crippen LogP contribution in [0.3, 0.4) is 0 Å². The van der Waals surface area contributed by atoms with E-state index >= 15 is 0 Å². The van der Waals surface area contributed by atoms with Crippen molar-refractivity contribution >= 4 is 28.9 Å². The second-order valence-electron chi connectivity index (χ2n) is 3.83. The summed E-state index contributed by atoms with van der Waals surface area (Å²) >= 11 is 11.9. The second-order valence-corrected chi connectivity index (χ2v) is 4.67. The average molecular weight is 243 g/mol. The topological polar surface area (TPSA) is 27.0 Å². The molecule has 0 spiro atoms. The lowest BCUT2D eigenvalue weighted by molar-refractivity contribution is 0.617. The highest BCUT2D eigenvalue weighted by Gasteiger charge is 2.24. The fourth-order valence-electron chi connectivity index (χ4n) is 1.13. The van der Waals surface area contributed by atoms with Crippen LogP contribution in [0.5, 0.6) is 0 Å². The third-order valence-corrected chi connectivity index (χ3v) is 2.92. The van der Waals surface area contributed by atoms with E-state index in [0.29, 0.717) is 10.0 Å². The lowest BCUT2D eigenvalue weighted by Gasteiger charge is -2.31. The monoisotopic (exact) mass is 242 g/mol. The van der Waals surface area contributed by atoms with Crippen LogP contribution >= 0.6 is 23.2 Å². The number of halogens is 2. The largest absolute Gasteiger partial charge is 0.356 e. The first-order chi connectivity index (χ1) is 6.88. The maximum absolute atomic E-state index is 9.01. The summed E-state index contributed by atoms with van der Waals surface area (Å²) in [4.78, 5) is 1.83. The fraction of sp³-hybridized carbons (Fsp3) is 0.364. The van der Waals surface area contributed by atoms with Gasteiger partial charge in [0, 0.05) is 12.1 Å². The van der Waals surface area contributed by atoms with Gasteiger partial charge in [-0.15, -0.1) is 0 Å². The van der Waals surface area contributed by atoms with Crippen molar-refractivity contribution in [2.75, 3.05) is 11.9 Å². The Hall–Kier alpha value is -0.910.